The predicted octanol–water partition coefficient (Wildman–Crippen LogP) is 3.13. The third kappa shape index (κ3) is 6.24. The van der Waals surface area contributed by atoms with E-state index in [1.807, 2.05) is 6.07 Å². The first-order valence-electron chi connectivity index (χ1n) is 11.3. The fourth-order valence-corrected chi connectivity index (χ4v) is 3.79. The molecule has 1 aliphatic heterocycles. The van der Waals surface area contributed by atoms with Crippen LogP contribution in [0.5, 0.6) is 5.75 Å². The van der Waals surface area contributed by atoms with Crippen molar-refractivity contribution in [2.45, 2.75) is 37.8 Å². The standard InChI is InChI=1S/C25H28N4O4/c26-14-18-3-1-4-20(13-18)27-25(32)29-12-2-5-23(30)22(15-29)28-24(31)19-8-10-21(11-9-19)33-16-17-6-7-17/h1,3-4,8-11,13,17,22-23,30H,2,5-7,12,15-16H2,(H,27,32)(H,28,31)/t22-,23-/m1/s1. The Morgan fingerprint density at radius 2 is 1.94 bits per heavy atom. The normalized spacial score (nSPS) is 20.3. The molecule has 2 aromatic rings. The Hall–Kier alpha value is -3.57. The first-order valence-corrected chi connectivity index (χ1v) is 11.3. The van der Waals surface area contributed by atoms with E-state index in [0.717, 1.165) is 5.75 Å². The summed E-state index contributed by atoms with van der Waals surface area (Å²) in [4.78, 5) is 27.2. The summed E-state index contributed by atoms with van der Waals surface area (Å²) in [6, 6.07) is 14.7. The second-order valence-electron chi connectivity index (χ2n) is 8.64. The molecule has 0 radical (unpaired) electrons. The van der Waals surface area contributed by atoms with E-state index >= 15 is 0 Å². The summed E-state index contributed by atoms with van der Waals surface area (Å²) in [5, 5.41) is 25.3. The molecule has 2 aromatic carbocycles. The molecule has 172 valence electrons. The highest BCUT2D eigenvalue weighted by atomic mass is 16.5. The number of nitrogens with zero attached hydrogens (tertiary/aromatic N) is 2. The van der Waals surface area contributed by atoms with E-state index in [4.69, 9.17) is 10.00 Å². The highest BCUT2D eigenvalue weighted by Crippen LogP contribution is 2.29. The van der Waals surface area contributed by atoms with E-state index in [1.54, 1.807) is 53.4 Å². The SMILES string of the molecule is N#Cc1cccc(NC(=O)N2CCC[C@@H](O)[C@H](NC(=O)c3ccc(OCC4CC4)cc3)C2)c1. The van der Waals surface area contributed by atoms with E-state index < -0.39 is 12.1 Å². The van der Waals surface area contributed by atoms with Gasteiger partial charge in [-0.2, -0.15) is 5.26 Å². The third-order valence-electron chi connectivity index (χ3n) is 5.96. The van der Waals surface area contributed by atoms with Gasteiger partial charge in [0.25, 0.3) is 5.91 Å². The monoisotopic (exact) mass is 448 g/mol. The molecule has 1 saturated heterocycles. The minimum Gasteiger partial charge on any atom is -0.493 e. The lowest BCUT2D eigenvalue weighted by Gasteiger charge is -2.27. The van der Waals surface area contributed by atoms with Gasteiger partial charge in [0.2, 0.25) is 0 Å². The molecular weight excluding hydrogens is 420 g/mol. The third-order valence-corrected chi connectivity index (χ3v) is 5.96. The van der Waals surface area contributed by atoms with Crippen LogP contribution in [-0.2, 0) is 0 Å². The molecule has 0 spiro atoms. The first kappa shape index (κ1) is 22.6. The van der Waals surface area contributed by atoms with Gasteiger partial charge < -0.3 is 25.4 Å². The molecule has 1 aliphatic carbocycles. The fraction of sp³-hybridized carbons (Fsp3) is 0.400. The Labute approximate surface area is 193 Å². The van der Waals surface area contributed by atoms with Crippen LogP contribution in [-0.4, -0.2) is 53.8 Å². The fourth-order valence-electron chi connectivity index (χ4n) is 3.79. The van der Waals surface area contributed by atoms with Crippen molar-refractivity contribution < 1.29 is 19.4 Å². The average Bonchev–Trinajstić information content (AvgIpc) is 3.67. The number of hydrogen-bond donors (Lipinski definition) is 3. The highest BCUT2D eigenvalue weighted by Gasteiger charge is 2.29. The van der Waals surface area contributed by atoms with Crippen LogP contribution in [0.1, 0.15) is 41.6 Å². The van der Waals surface area contributed by atoms with Crippen LogP contribution in [0.3, 0.4) is 0 Å². The summed E-state index contributed by atoms with van der Waals surface area (Å²) in [6.07, 6.45) is 2.77. The second kappa shape index (κ2) is 10.4. The zero-order valence-corrected chi connectivity index (χ0v) is 18.4. The number of aliphatic hydroxyl groups excluding tert-OH is 1. The van der Waals surface area contributed by atoms with Crippen LogP contribution in [0.4, 0.5) is 10.5 Å². The maximum absolute atomic E-state index is 12.8. The molecule has 2 aliphatic rings. The van der Waals surface area contributed by atoms with Crippen LogP contribution in [0.25, 0.3) is 0 Å². The van der Waals surface area contributed by atoms with Gasteiger partial charge >= 0.3 is 6.03 Å². The minimum atomic E-state index is -0.755. The molecule has 4 rings (SSSR count). The lowest BCUT2D eigenvalue weighted by atomic mass is 10.1. The number of ether oxygens (including phenoxy) is 1. The molecule has 0 unspecified atom stereocenters. The number of likely N-dealkylation sites (tertiary alicyclic amines) is 1. The van der Waals surface area contributed by atoms with Crippen molar-refractivity contribution in [3.63, 3.8) is 0 Å². The molecule has 3 N–H and O–H groups in total. The van der Waals surface area contributed by atoms with E-state index in [-0.39, 0.29) is 18.5 Å². The number of carbonyl (C=O) groups excluding carboxylic acids is 2. The van der Waals surface area contributed by atoms with Gasteiger partial charge in [0.15, 0.2) is 0 Å². The predicted molar refractivity (Wildman–Crippen MR) is 123 cm³/mol. The van der Waals surface area contributed by atoms with Crippen LogP contribution in [0.2, 0.25) is 0 Å². The highest BCUT2D eigenvalue weighted by molar-refractivity contribution is 5.94. The molecule has 1 saturated carbocycles. The van der Waals surface area contributed by atoms with Crippen molar-refractivity contribution in [2.75, 3.05) is 25.0 Å². The lowest BCUT2D eigenvalue weighted by Crippen LogP contribution is -2.50. The number of nitrogens with one attached hydrogen (secondary N) is 2. The average molecular weight is 449 g/mol. The summed E-state index contributed by atoms with van der Waals surface area (Å²) in [5.74, 6) is 1.08. The molecule has 8 heteroatoms. The Kier molecular flexibility index (Phi) is 7.10. The lowest BCUT2D eigenvalue weighted by molar-refractivity contribution is 0.0811. The maximum atomic E-state index is 12.8. The van der Waals surface area contributed by atoms with Gasteiger partial charge in [0.05, 0.1) is 30.4 Å². The zero-order valence-electron chi connectivity index (χ0n) is 18.4. The zero-order chi connectivity index (χ0) is 23.2. The van der Waals surface area contributed by atoms with Crippen LogP contribution in [0, 0.1) is 17.2 Å². The second-order valence-corrected chi connectivity index (χ2v) is 8.64. The van der Waals surface area contributed by atoms with Crippen LogP contribution >= 0.6 is 0 Å². The van der Waals surface area contributed by atoms with Gasteiger partial charge in [-0.25, -0.2) is 4.79 Å². The molecule has 1 heterocycles. The Balaban J connectivity index is 1.36. The molecule has 0 aromatic heterocycles. The van der Waals surface area contributed by atoms with Gasteiger partial charge in [-0.15, -0.1) is 0 Å². The summed E-state index contributed by atoms with van der Waals surface area (Å²) < 4.78 is 5.71. The molecule has 0 bridgehead atoms. The van der Waals surface area contributed by atoms with Crippen LogP contribution in [0.15, 0.2) is 48.5 Å². The van der Waals surface area contributed by atoms with Crippen molar-refractivity contribution in [2.24, 2.45) is 5.92 Å². The van der Waals surface area contributed by atoms with Crippen molar-refractivity contribution >= 4 is 17.6 Å². The Bertz CT molecular complexity index is 1030. The molecule has 2 atom stereocenters. The van der Waals surface area contributed by atoms with E-state index in [0.29, 0.717) is 48.7 Å². The number of amides is 3. The largest absolute Gasteiger partial charge is 0.493 e. The number of rotatable bonds is 6. The van der Waals surface area contributed by atoms with Crippen LogP contribution < -0.4 is 15.4 Å². The smallest absolute Gasteiger partial charge is 0.321 e. The number of urea groups is 1. The molecule has 3 amide bonds. The van der Waals surface area contributed by atoms with E-state index in [9.17, 15) is 14.7 Å². The number of nitriles is 1. The Morgan fingerprint density at radius 3 is 2.67 bits per heavy atom. The Morgan fingerprint density at radius 1 is 1.15 bits per heavy atom. The number of benzene rings is 2. The summed E-state index contributed by atoms with van der Waals surface area (Å²) in [7, 11) is 0. The summed E-state index contributed by atoms with van der Waals surface area (Å²) >= 11 is 0. The summed E-state index contributed by atoms with van der Waals surface area (Å²) in [6.45, 7) is 1.35. The number of aliphatic hydroxyl groups is 1. The maximum Gasteiger partial charge on any atom is 0.321 e. The molecule has 33 heavy (non-hydrogen) atoms. The molecular formula is C25H28N4O4. The first-order chi connectivity index (χ1) is 16.0. The van der Waals surface area contributed by atoms with Gasteiger partial charge in [-0.3, -0.25) is 4.79 Å². The van der Waals surface area contributed by atoms with Crippen molar-refractivity contribution in [1.82, 2.24) is 10.2 Å². The van der Waals surface area contributed by atoms with Gasteiger partial charge in [-0.1, -0.05) is 6.07 Å². The topological polar surface area (TPSA) is 115 Å². The van der Waals surface area contributed by atoms with E-state index in [1.165, 1.54) is 12.8 Å². The quantitative estimate of drug-likeness (QED) is 0.628. The van der Waals surface area contributed by atoms with Gasteiger partial charge in [0.1, 0.15) is 5.75 Å². The summed E-state index contributed by atoms with van der Waals surface area (Å²) in [5.41, 5.74) is 1.44. The van der Waals surface area contributed by atoms with Gasteiger partial charge in [0, 0.05) is 24.3 Å². The van der Waals surface area contributed by atoms with Crippen molar-refractivity contribution in [3.05, 3.63) is 59.7 Å². The minimum absolute atomic E-state index is 0.180. The van der Waals surface area contributed by atoms with Crippen molar-refractivity contribution in [3.8, 4) is 11.8 Å². The van der Waals surface area contributed by atoms with E-state index in [2.05, 4.69) is 10.6 Å². The number of carbonyl (C=O) groups is 2. The number of hydrogen-bond acceptors (Lipinski definition) is 5. The van der Waals surface area contributed by atoms with Gasteiger partial charge in [-0.05, 0) is 74.1 Å². The molecule has 2 fully saturated rings. The number of anilines is 1. The molecule has 8 nitrogen and oxygen atoms in total. The van der Waals surface area contributed by atoms with Crippen molar-refractivity contribution in [1.29, 1.82) is 5.26 Å².